The molecule has 1 aromatic carbocycles. The van der Waals surface area contributed by atoms with Gasteiger partial charge in [0.25, 0.3) is 0 Å². The van der Waals surface area contributed by atoms with Gasteiger partial charge in [0.1, 0.15) is 5.54 Å². The van der Waals surface area contributed by atoms with Crippen LogP contribution in [-0.4, -0.2) is 18.6 Å². The number of hydrogen-bond donors (Lipinski definition) is 1. The minimum atomic E-state index is -0.543. The van der Waals surface area contributed by atoms with E-state index in [0.29, 0.717) is 0 Å². The number of nitrogens with one attached hydrogen (secondary N) is 1. The summed E-state index contributed by atoms with van der Waals surface area (Å²) in [6, 6.07) is 12.5. The van der Waals surface area contributed by atoms with Crippen LogP contribution in [-0.2, 0) is 5.54 Å². The number of benzene rings is 1. The molecular weight excluding hydrogens is 252 g/mol. The van der Waals surface area contributed by atoms with Crippen LogP contribution in [0.3, 0.4) is 0 Å². The van der Waals surface area contributed by atoms with Crippen molar-refractivity contribution in [1.29, 1.82) is 5.26 Å². The van der Waals surface area contributed by atoms with Gasteiger partial charge in [0.05, 0.1) is 6.07 Å². The van der Waals surface area contributed by atoms with Gasteiger partial charge in [-0.1, -0.05) is 50.1 Å². The highest BCUT2D eigenvalue weighted by molar-refractivity contribution is 7.99. The van der Waals surface area contributed by atoms with Crippen LogP contribution >= 0.6 is 11.8 Å². The summed E-state index contributed by atoms with van der Waals surface area (Å²) < 4.78 is 0. The Morgan fingerprint density at radius 1 is 1.21 bits per heavy atom. The molecule has 0 aliphatic carbocycles. The van der Waals surface area contributed by atoms with Gasteiger partial charge >= 0.3 is 0 Å². The standard InChI is InChI=1S/C16H24N2S/c1-3-4-8-12-19-13-11-16(14-17,18-2)15-9-6-5-7-10-15/h5-7,9-10,18H,3-4,8,11-13H2,1-2H3. The Morgan fingerprint density at radius 3 is 2.53 bits per heavy atom. The lowest BCUT2D eigenvalue weighted by Gasteiger charge is -2.26. The van der Waals surface area contributed by atoms with Gasteiger partial charge in [0.2, 0.25) is 0 Å². The zero-order valence-corrected chi connectivity index (χ0v) is 12.8. The Bertz CT molecular complexity index is 385. The van der Waals surface area contributed by atoms with Crippen molar-refractivity contribution in [1.82, 2.24) is 5.32 Å². The minimum Gasteiger partial charge on any atom is -0.299 e. The van der Waals surface area contributed by atoms with E-state index >= 15 is 0 Å². The van der Waals surface area contributed by atoms with E-state index in [0.717, 1.165) is 17.7 Å². The maximum atomic E-state index is 9.55. The van der Waals surface area contributed by atoms with Crippen LogP contribution in [0.4, 0.5) is 0 Å². The number of hydrogen-bond acceptors (Lipinski definition) is 3. The summed E-state index contributed by atoms with van der Waals surface area (Å²) in [4.78, 5) is 0. The first-order valence-corrected chi connectivity index (χ1v) is 8.18. The fourth-order valence-corrected chi connectivity index (χ4v) is 3.16. The van der Waals surface area contributed by atoms with E-state index in [2.05, 4.69) is 18.3 Å². The van der Waals surface area contributed by atoms with Crippen molar-refractivity contribution < 1.29 is 0 Å². The van der Waals surface area contributed by atoms with Crippen molar-refractivity contribution in [3.63, 3.8) is 0 Å². The minimum absolute atomic E-state index is 0.543. The second-order valence-electron chi connectivity index (χ2n) is 4.70. The van der Waals surface area contributed by atoms with Crippen molar-refractivity contribution in [3.05, 3.63) is 35.9 Å². The number of rotatable bonds is 9. The Hall–Kier alpha value is -0.980. The number of thioether (sulfide) groups is 1. The molecular formula is C16H24N2S. The fraction of sp³-hybridized carbons (Fsp3) is 0.562. The van der Waals surface area contributed by atoms with Crippen LogP contribution in [0.15, 0.2) is 30.3 Å². The summed E-state index contributed by atoms with van der Waals surface area (Å²) in [6.07, 6.45) is 4.71. The van der Waals surface area contributed by atoms with Crippen molar-refractivity contribution in [2.24, 2.45) is 0 Å². The third-order valence-corrected chi connectivity index (χ3v) is 4.47. The van der Waals surface area contributed by atoms with Crippen molar-refractivity contribution in [2.75, 3.05) is 18.6 Å². The molecule has 1 unspecified atom stereocenters. The smallest absolute Gasteiger partial charge is 0.132 e. The number of nitriles is 1. The molecule has 2 nitrogen and oxygen atoms in total. The summed E-state index contributed by atoms with van der Waals surface area (Å²) >= 11 is 1.95. The van der Waals surface area contributed by atoms with E-state index in [1.165, 1.54) is 25.0 Å². The van der Waals surface area contributed by atoms with Gasteiger partial charge in [-0.15, -0.1) is 0 Å². The van der Waals surface area contributed by atoms with Crippen LogP contribution in [0.1, 0.15) is 38.2 Å². The molecule has 3 heteroatoms. The second kappa shape index (κ2) is 9.01. The molecule has 0 saturated heterocycles. The van der Waals surface area contributed by atoms with Crippen LogP contribution < -0.4 is 5.32 Å². The maximum absolute atomic E-state index is 9.55. The van der Waals surface area contributed by atoms with E-state index < -0.39 is 5.54 Å². The monoisotopic (exact) mass is 276 g/mol. The van der Waals surface area contributed by atoms with Crippen molar-refractivity contribution in [3.8, 4) is 6.07 Å². The number of unbranched alkanes of at least 4 members (excludes halogenated alkanes) is 2. The first-order chi connectivity index (χ1) is 9.29. The zero-order chi connectivity index (χ0) is 14.0. The van der Waals surface area contributed by atoms with Gasteiger partial charge in [-0.2, -0.15) is 17.0 Å². The molecule has 1 aromatic rings. The van der Waals surface area contributed by atoms with Crippen LogP contribution in [0.25, 0.3) is 0 Å². The molecule has 104 valence electrons. The molecule has 0 aliphatic heterocycles. The molecule has 0 spiro atoms. The van der Waals surface area contributed by atoms with Gasteiger partial charge in [0, 0.05) is 0 Å². The molecule has 19 heavy (non-hydrogen) atoms. The highest BCUT2D eigenvalue weighted by Crippen LogP contribution is 2.26. The van der Waals surface area contributed by atoms with Gasteiger partial charge in [-0.3, -0.25) is 5.32 Å². The van der Waals surface area contributed by atoms with Gasteiger partial charge < -0.3 is 0 Å². The number of nitrogens with zero attached hydrogens (tertiary/aromatic N) is 1. The summed E-state index contributed by atoms with van der Waals surface area (Å²) in [7, 11) is 1.87. The lowest BCUT2D eigenvalue weighted by atomic mass is 9.89. The third-order valence-electron chi connectivity index (χ3n) is 3.40. The molecule has 1 rings (SSSR count). The maximum Gasteiger partial charge on any atom is 0.132 e. The lowest BCUT2D eigenvalue weighted by Crippen LogP contribution is -2.39. The van der Waals surface area contributed by atoms with E-state index in [4.69, 9.17) is 0 Å². The first kappa shape index (κ1) is 16.1. The SMILES string of the molecule is CCCCCSCCC(C#N)(NC)c1ccccc1. The van der Waals surface area contributed by atoms with E-state index in [-0.39, 0.29) is 0 Å². The van der Waals surface area contributed by atoms with Crippen LogP contribution in [0.2, 0.25) is 0 Å². The van der Waals surface area contributed by atoms with Gasteiger partial charge in [-0.25, -0.2) is 0 Å². The van der Waals surface area contributed by atoms with E-state index in [1.807, 2.05) is 49.1 Å². The van der Waals surface area contributed by atoms with Crippen LogP contribution in [0, 0.1) is 11.3 Å². The summed E-state index contributed by atoms with van der Waals surface area (Å²) in [5.41, 5.74) is 0.521. The Labute approximate surface area is 121 Å². The summed E-state index contributed by atoms with van der Waals surface area (Å²) in [5.74, 6) is 2.22. The van der Waals surface area contributed by atoms with Gasteiger partial charge in [-0.05, 0) is 37.0 Å². The summed E-state index contributed by atoms with van der Waals surface area (Å²) in [5, 5.41) is 12.8. The average molecular weight is 276 g/mol. The summed E-state index contributed by atoms with van der Waals surface area (Å²) in [6.45, 7) is 2.22. The average Bonchev–Trinajstić information content (AvgIpc) is 2.48. The predicted molar refractivity (Wildman–Crippen MR) is 84.3 cm³/mol. The molecule has 0 amide bonds. The van der Waals surface area contributed by atoms with Crippen molar-refractivity contribution >= 4 is 11.8 Å². The molecule has 0 fully saturated rings. The Kier molecular flexibility index (Phi) is 7.62. The lowest BCUT2D eigenvalue weighted by molar-refractivity contribution is 0.457. The predicted octanol–water partition coefficient (Wildman–Crippen LogP) is 3.94. The quantitative estimate of drug-likeness (QED) is 0.694. The largest absolute Gasteiger partial charge is 0.299 e. The molecule has 1 atom stereocenters. The van der Waals surface area contributed by atoms with E-state index in [1.54, 1.807) is 0 Å². The molecule has 1 N–H and O–H groups in total. The molecule has 0 bridgehead atoms. The van der Waals surface area contributed by atoms with Crippen molar-refractivity contribution in [2.45, 2.75) is 38.1 Å². The molecule has 0 aromatic heterocycles. The highest BCUT2D eigenvalue weighted by Gasteiger charge is 2.29. The highest BCUT2D eigenvalue weighted by atomic mass is 32.2. The van der Waals surface area contributed by atoms with E-state index in [9.17, 15) is 5.26 Å². The third kappa shape index (κ3) is 4.89. The fourth-order valence-electron chi connectivity index (χ4n) is 2.09. The van der Waals surface area contributed by atoms with Gasteiger partial charge in [0.15, 0.2) is 0 Å². The molecule has 0 radical (unpaired) electrons. The topological polar surface area (TPSA) is 35.8 Å². The molecule has 0 saturated carbocycles. The Morgan fingerprint density at radius 2 is 1.95 bits per heavy atom. The Balaban J connectivity index is 2.52. The first-order valence-electron chi connectivity index (χ1n) is 7.02. The van der Waals surface area contributed by atoms with Crippen LogP contribution in [0.5, 0.6) is 0 Å². The second-order valence-corrected chi connectivity index (χ2v) is 5.93. The molecule has 0 aliphatic rings. The molecule has 0 heterocycles. The normalized spacial score (nSPS) is 13.7. The zero-order valence-electron chi connectivity index (χ0n) is 12.0.